The molecular weight excluding hydrogens is 461 g/mol. The standard InChI is InChI=1S/C20H19Cl2N5O3S/c1-3-26-18(12(2)23-19(28)16-9-6-14(21)10-17(16)22)24-25-20(26)31-11-13-4-7-15(8-5-13)27(29)30/h4-10,12H,3,11H2,1-2H3,(H,23,28)/t12-/m1/s1. The van der Waals surface area contributed by atoms with Crippen molar-refractivity contribution >= 4 is 46.6 Å². The smallest absolute Gasteiger partial charge is 0.269 e. The van der Waals surface area contributed by atoms with Crippen LogP contribution in [0.3, 0.4) is 0 Å². The molecule has 3 aromatic rings. The van der Waals surface area contributed by atoms with E-state index < -0.39 is 11.0 Å². The minimum Gasteiger partial charge on any atom is -0.342 e. The fourth-order valence-electron chi connectivity index (χ4n) is 2.90. The number of carbonyl (C=O) groups excluding carboxylic acids is 1. The summed E-state index contributed by atoms with van der Waals surface area (Å²) < 4.78 is 1.92. The lowest BCUT2D eigenvalue weighted by Crippen LogP contribution is -2.29. The zero-order valence-electron chi connectivity index (χ0n) is 16.7. The second-order valence-corrected chi connectivity index (χ2v) is 8.40. The lowest BCUT2D eigenvalue weighted by atomic mass is 10.2. The molecule has 0 aliphatic rings. The number of non-ortho nitro benzene ring substituents is 1. The van der Waals surface area contributed by atoms with Gasteiger partial charge in [-0.05, 0) is 37.6 Å². The van der Waals surface area contributed by atoms with Gasteiger partial charge in [0.1, 0.15) is 0 Å². The van der Waals surface area contributed by atoms with Crippen LogP contribution in [0.25, 0.3) is 0 Å². The van der Waals surface area contributed by atoms with E-state index in [0.29, 0.717) is 33.9 Å². The molecule has 0 spiro atoms. The molecular formula is C20H19Cl2N5O3S. The van der Waals surface area contributed by atoms with Gasteiger partial charge in [-0.25, -0.2) is 0 Å². The third-order valence-electron chi connectivity index (χ3n) is 4.49. The Labute approximate surface area is 193 Å². The molecule has 1 atom stereocenters. The maximum absolute atomic E-state index is 12.6. The molecule has 31 heavy (non-hydrogen) atoms. The molecule has 1 amide bonds. The molecule has 0 bridgehead atoms. The van der Waals surface area contributed by atoms with Crippen molar-refractivity contribution in [1.82, 2.24) is 20.1 Å². The number of nitro groups is 1. The van der Waals surface area contributed by atoms with Crippen molar-refractivity contribution in [3.63, 3.8) is 0 Å². The van der Waals surface area contributed by atoms with Crippen LogP contribution >= 0.6 is 35.0 Å². The maximum Gasteiger partial charge on any atom is 0.269 e. The Morgan fingerprint density at radius 2 is 1.94 bits per heavy atom. The number of amides is 1. The van der Waals surface area contributed by atoms with Gasteiger partial charge in [0.15, 0.2) is 11.0 Å². The van der Waals surface area contributed by atoms with Gasteiger partial charge in [0.05, 0.1) is 21.6 Å². The molecule has 1 N–H and O–H groups in total. The quantitative estimate of drug-likeness (QED) is 0.267. The Kier molecular flexibility index (Phi) is 7.53. The van der Waals surface area contributed by atoms with Crippen LogP contribution in [0.2, 0.25) is 10.0 Å². The van der Waals surface area contributed by atoms with Crippen molar-refractivity contribution in [2.75, 3.05) is 0 Å². The number of carbonyl (C=O) groups is 1. The molecule has 0 aliphatic heterocycles. The summed E-state index contributed by atoms with van der Waals surface area (Å²) in [5, 5.41) is 23.6. The normalized spacial score (nSPS) is 11.9. The van der Waals surface area contributed by atoms with Crippen molar-refractivity contribution in [2.24, 2.45) is 0 Å². The second-order valence-electron chi connectivity index (χ2n) is 6.62. The SMILES string of the molecule is CCn1c(SCc2ccc([N+](=O)[O-])cc2)nnc1[C@@H](C)NC(=O)c1ccc(Cl)cc1Cl. The Balaban J connectivity index is 1.69. The first-order chi connectivity index (χ1) is 14.8. The van der Waals surface area contributed by atoms with Crippen LogP contribution in [-0.2, 0) is 12.3 Å². The fraction of sp³-hybridized carbons (Fsp3) is 0.250. The van der Waals surface area contributed by atoms with Gasteiger partial charge in [-0.3, -0.25) is 14.9 Å². The van der Waals surface area contributed by atoms with Crippen molar-refractivity contribution < 1.29 is 9.72 Å². The van der Waals surface area contributed by atoms with Crippen LogP contribution in [0.5, 0.6) is 0 Å². The minimum atomic E-state index is -0.427. The number of nitro benzene ring substituents is 1. The van der Waals surface area contributed by atoms with E-state index in [9.17, 15) is 14.9 Å². The first kappa shape index (κ1) is 23.1. The first-order valence-corrected chi connectivity index (χ1v) is 11.1. The summed E-state index contributed by atoms with van der Waals surface area (Å²) in [5.41, 5.74) is 1.31. The number of nitrogens with one attached hydrogen (secondary N) is 1. The highest BCUT2D eigenvalue weighted by Gasteiger charge is 2.21. The van der Waals surface area contributed by atoms with Gasteiger partial charge < -0.3 is 9.88 Å². The van der Waals surface area contributed by atoms with E-state index in [0.717, 1.165) is 5.56 Å². The third kappa shape index (κ3) is 5.55. The Bertz CT molecular complexity index is 1100. The molecule has 2 aromatic carbocycles. The van der Waals surface area contributed by atoms with E-state index in [4.69, 9.17) is 23.2 Å². The van der Waals surface area contributed by atoms with Gasteiger partial charge in [-0.2, -0.15) is 0 Å². The largest absolute Gasteiger partial charge is 0.342 e. The number of thioether (sulfide) groups is 1. The third-order valence-corrected chi connectivity index (χ3v) is 6.07. The van der Waals surface area contributed by atoms with Crippen molar-refractivity contribution in [1.29, 1.82) is 0 Å². The van der Waals surface area contributed by atoms with Crippen LogP contribution in [0.4, 0.5) is 5.69 Å². The maximum atomic E-state index is 12.6. The highest BCUT2D eigenvalue weighted by molar-refractivity contribution is 7.98. The Morgan fingerprint density at radius 1 is 1.23 bits per heavy atom. The highest BCUT2D eigenvalue weighted by Crippen LogP contribution is 2.26. The van der Waals surface area contributed by atoms with Crippen molar-refractivity contribution in [3.8, 4) is 0 Å². The molecule has 162 valence electrons. The van der Waals surface area contributed by atoms with Crippen molar-refractivity contribution in [2.45, 2.75) is 37.3 Å². The fourth-order valence-corrected chi connectivity index (χ4v) is 4.36. The molecule has 0 radical (unpaired) electrons. The summed E-state index contributed by atoms with van der Waals surface area (Å²) in [7, 11) is 0. The van der Waals surface area contributed by atoms with E-state index in [-0.39, 0.29) is 16.6 Å². The summed E-state index contributed by atoms with van der Waals surface area (Å²) in [6.45, 7) is 4.41. The second kappa shape index (κ2) is 10.1. The van der Waals surface area contributed by atoms with E-state index >= 15 is 0 Å². The molecule has 0 unspecified atom stereocenters. The number of hydrogen-bond acceptors (Lipinski definition) is 6. The van der Waals surface area contributed by atoms with Crippen LogP contribution in [0.15, 0.2) is 47.6 Å². The number of halogens is 2. The summed E-state index contributed by atoms with van der Waals surface area (Å²) in [4.78, 5) is 23.0. The van der Waals surface area contributed by atoms with Crippen LogP contribution in [0, 0.1) is 10.1 Å². The van der Waals surface area contributed by atoms with E-state index in [2.05, 4.69) is 15.5 Å². The topological polar surface area (TPSA) is 103 Å². The molecule has 3 rings (SSSR count). The molecule has 1 aromatic heterocycles. The van der Waals surface area contributed by atoms with Gasteiger partial charge in [-0.15, -0.1) is 10.2 Å². The zero-order valence-corrected chi connectivity index (χ0v) is 19.0. The van der Waals surface area contributed by atoms with Gasteiger partial charge >= 0.3 is 0 Å². The van der Waals surface area contributed by atoms with Crippen LogP contribution in [-0.4, -0.2) is 25.6 Å². The average Bonchev–Trinajstić information content (AvgIpc) is 3.15. The lowest BCUT2D eigenvalue weighted by molar-refractivity contribution is -0.384. The zero-order chi connectivity index (χ0) is 22.5. The molecule has 0 saturated heterocycles. The minimum absolute atomic E-state index is 0.0538. The number of rotatable bonds is 8. The lowest BCUT2D eigenvalue weighted by Gasteiger charge is -2.15. The first-order valence-electron chi connectivity index (χ1n) is 9.35. The number of nitrogens with zero attached hydrogens (tertiary/aromatic N) is 4. The predicted molar refractivity (Wildman–Crippen MR) is 121 cm³/mol. The van der Waals surface area contributed by atoms with Gasteiger partial charge in [0.2, 0.25) is 0 Å². The van der Waals surface area contributed by atoms with Gasteiger partial charge in [-0.1, -0.05) is 47.1 Å². The van der Waals surface area contributed by atoms with Crippen LogP contribution in [0.1, 0.15) is 41.6 Å². The van der Waals surface area contributed by atoms with Crippen LogP contribution < -0.4 is 5.32 Å². The molecule has 8 nitrogen and oxygen atoms in total. The van der Waals surface area contributed by atoms with Crippen molar-refractivity contribution in [3.05, 3.63) is 79.6 Å². The summed E-state index contributed by atoms with van der Waals surface area (Å²) in [5.74, 6) is 0.865. The molecule has 0 fully saturated rings. The number of aromatic nitrogens is 3. The van der Waals surface area contributed by atoms with Gasteiger partial charge in [0, 0.05) is 29.5 Å². The van der Waals surface area contributed by atoms with Gasteiger partial charge in [0.25, 0.3) is 11.6 Å². The monoisotopic (exact) mass is 479 g/mol. The molecule has 11 heteroatoms. The summed E-state index contributed by atoms with van der Waals surface area (Å²) >= 11 is 13.5. The molecule has 0 saturated carbocycles. The predicted octanol–water partition coefficient (Wildman–Crippen LogP) is 5.30. The summed E-state index contributed by atoms with van der Waals surface area (Å²) in [6.07, 6.45) is 0. The van der Waals surface area contributed by atoms with E-state index in [1.807, 2.05) is 18.4 Å². The molecule has 0 aliphatic carbocycles. The van der Waals surface area contributed by atoms with E-state index in [1.54, 1.807) is 24.3 Å². The summed E-state index contributed by atoms with van der Waals surface area (Å²) in [6, 6.07) is 10.7. The highest BCUT2D eigenvalue weighted by atomic mass is 35.5. The number of hydrogen-bond donors (Lipinski definition) is 1. The van der Waals surface area contributed by atoms with E-state index in [1.165, 1.54) is 30.0 Å². The Morgan fingerprint density at radius 3 is 2.55 bits per heavy atom. The average molecular weight is 480 g/mol. The number of benzene rings is 2. The molecule has 1 heterocycles. The Hall–Kier alpha value is -2.62.